The summed E-state index contributed by atoms with van der Waals surface area (Å²) in [6, 6.07) is 26.4. The molecule has 0 aromatic heterocycles. The van der Waals surface area contributed by atoms with Crippen LogP contribution in [0.1, 0.15) is 102 Å². The number of fused-ring (bicyclic) bond motifs is 1. The summed E-state index contributed by atoms with van der Waals surface area (Å²) in [5.41, 5.74) is 4.77. The summed E-state index contributed by atoms with van der Waals surface area (Å²) in [6.07, 6.45) is 3.82. The van der Waals surface area contributed by atoms with E-state index in [0.29, 0.717) is 24.9 Å². The van der Waals surface area contributed by atoms with E-state index in [1.54, 1.807) is 0 Å². The molecule has 0 bridgehead atoms. The lowest BCUT2D eigenvalue weighted by Gasteiger charge is -2.36. The van der Waals surface area contributed by atoms with Crippen molar-refractivity contribution in [1.29, 1.82) is 0 Å². The largest absolute Gasteiger partial charge is 0.490 e. The number of hydrogen-bond donors (Lipinski definition) is 0. The first kappa shape index (κ1) is 31.0. The number of rotatable bonds is 6. The fourth-order valence-electron chi connectivity index (χ4n) is 6.63. The van der Waals surface area contributed by atoms with Crippen molar-refractivity contribution in [2.75, 3.05) is 13.1 Å². The van der Waals surface area contributed by atoms with Crippen molar-refractivity contribution in [1.82, 2.24) is 4.90 Å². The Balaban J connectivity index is 1.30. The van der Waals surface area contributed by atoms with Gasteiger partial charge in [-0.2, -0.15) is 0 Å². The van der Waals surface area contributed by atoms with Crippen LogP contribution in [0.3, 0.4) is 0 Å². The summed E-state index contributed by atoms with van der Waals surface area (Å²) in [6.45, 7) is 15.6. The molecule has 1 fully saturated rings. The highest BCUT2D eigenvalue weighted by Gasteiger charge is 2.33. The summed E-state index contributed by atoms with van der Waals surface area (Å²) >= 11 is 0. The maximum absolute atomic E-state index is 12.5. The first-order valence-electron chi connectivity index (χ1n) is 16.0. The van der Waals surface area contributed by atoms with Crippen LogP contribution in [-0.4, -0.2) is 41.4 Å². The molecule has 1 aliphatic heterocycles. The molecule has 230 valence electrons. The molecule has 1 heterocycles. The molecule has 1 amide bonds. The van der Waals surface area contributed by atoms with Gasteiger partial charge < -0.3 is 19.1 Å². The van der Waals surface area contributed by atoms with E-state index in [9.17, 15) is 4.79 Å². The summed E-state index contributed by atoms with van der Waals surface area (Å²) in [5, 5.41) is 0. The normalized spacial score (nSPS) is 20.2. The Bertz CT molecular complexity index is 1360. The number of amides is 1. The fraction of sp³-hybridized carbons (Fsp3) is 0.500. The number of carbonyl (C=O) groups excluding carboxylic acids is 1. The van der Waals surface area contributed by atoms with E-state index >= 15 is 0 Å². The van der Waals surface area contributed by atoms with Crippen molar-refractivity contribution in [3.63, 3.8) is 0 Å². The van der Waals surface area contributed by atoms with Crippen LogP contribution in [0.4, 0.5) is 4.79 Å². The van der Waals surface area contributed by atoms with Gasteiger partial charge in [-0.15, -0.1) is 0 Å². The Morgan fingerprint density at radius 1 is 0.791 bits per heavy atom. The average molecular weight is 584 g/mol. The van der Waals surface area contributed by atoms with E-state index < -0.39 is 5.60 Å². The average Bonchev–Trinajstić information content (AvgIpc) is 2.96. The Morgan fingerprint density at radius 2 is 1.44 bits per heavy atom. The lowest BCUT2D eigenvalue weighted by atomic mass is 9.69. The van der Waals surface area contributed by atoms with Gasteiger partial charge in [-0.3, -0.25) is 0 Å². The van der Waals surface area contributed by atoms with E-state index in [0.717, 1.165) is 37.2 Å². The van der Waals surface area contributed by atoms with Gasteiger partial charge in [-0.25, -0.2) is 4.79 Å². The fourth-order valence-corrected chi connectivity index (χ4v) is 6.63. The third kappa shape index (κ3) is 7.93. The number of ether oxygens (including phenoxy) is 3. The molecule has 0 radical (unpaired) electrons. The maximum atomic E-state index is 12.5. The van der Waals surface area contributed by atoms with Gasteiger partial charge in [0.05, 0.1) is 6.10 Å². The Morgan fingerprint density at radius 3 is 2.07 bits per heavy atom. The van der Waals surface area contributed by atoms with Gasteiger partial charge in [0.25, 0.3) is 0 Å². The zero-order chi connectivity index (χ0) is 30.8. The van der Waals surface area contributed by atoms with Crippen molar-refractivity contribution >= 4 is 6.09 Å². The molecule has 0 N–H and O–H groups in total. The lowest BCUT2D eigenvalue weighted by Crippen LogP contribution is -2.44. The van der Waals surface area contributed by atoms with Crippen molar-refractivity contribution in [2.24, 2.45) is 5.92 Å². The molecule has 0 spiro atoms. The van der Waals surface area contributed by atoms with Crippen LogP contribution < -0.4 is 9.47 Å². The molecule has 0 saturated carbocycles. The Hall–Kier alpha value is -3.47. The zero-order valence-corrected chi connectivity index (χ0v) is 27.1. The van der Waals surface area contributed by atoms with Crippen molar-refractivity contribution in [2.45, 2.75) is 103 Å². The maximum Gasteiger partial charge on any atom is 0.410 e. The van der Waals surface area contributed by atoms with Crippen molar-refractivity contribution < 1.29 is 19.0 Å². The van der Waals surface area contributed by atoms with Crippen LogP contribution in [0.15, 0.2) is 72.8 Å². The number of likely N-dealkylation sites (tertiary alicyclic amines) is 1. The van der Waals surface area contributed by atoms with Crippen LogP contribution in [0, 0.1) is 5.92 Å². The molecule has 3 aromatic rings. The lowest BCUT2D eigenvalue weighted by molar-refractivity contribution is 0.0121. The standard InChI is InChI=1S/C38H49NO4/c1-26(27-21-23-39(24-22-27)36(40)43-38(5,6)7)41-31-16-13-29(14-17-31)35-33(28-11-9-8-10-12-28)19-15-30-25-32(18-20-34(30)35)42-37(2,3)4/h8-14,16-18,20,25-27,33,35H,15,19,21-24H2,1-7H3/t26?,33-,35+/m1/s1. The topological polar surface area (TPSA) is 48.0 Å². The minimum Gasteiger partial charge on any atom is -0.490 e. The van der Waals surface area contributed by atoms with Crippen LogP contribution in [-0.2, 0) is 11.2 Å². The molecule has 3 atom stereocenters. The van der Waals surface area contributed by atoms with Crippen molar-refractivity contribution in [3.05, 3.63) is 95.1 Å². The van der Waals surface area contributed by atoms with Gasteiger partial charge in [0.1, 0.15) is 22.7 Å². The SMILES string of the molecule is CC(Oc1ccc([C@@H]2c3ccc(OC(C)(C)C)cc3CC[C@@H]2c2ccccc2)cc1)C1CCN(C(=O)OC(C)(C)C)CC1. The Kier molecular flexibility index (Phi) is 9.10. The third-order valence-corrected chi connectivity index (χ3v) is 8.64. The number of benzene rings is 3. The van der Waals surface area contributed by atoms with Crippen LogP contribution in [0.25, 0.3) is 0 Å². The first-order valence-corrected chi connectivity index (χ1v) is 16.0. The van der Waals surface area contributed by atoms with E-state index in [4.69, 9.17) is 14.2 Å². The van der Waals surface area contributed by atoms with Crippen LogP contribution in [0.2, 0.25) is 0 Å². The molecule has 1 aliphatic carbocycles. The number of carbonyl (C=O) groups is 1. The quantitative estimate of drug-likeness (QED) is 0.290. The Labute approximate surface area is 258 Å². The number of nitrogens with zero attached hydrogens (tertiary/aromatic N) is 1. The molecule has 5 nitrogen and oxygen atoms in total. The van der Waals surface area contributed by atoms with E-state index in [2.05, 4.69) is 100 Å². The van der Waals surface area contributed by atoms with Crippen LogP contribution >= 0.6 is 0 Å². The van der Waals surface area contributed by atoms with Crippen LogP contribution in [0.5, 0.6) is 11.5 Å². The molecule has 3 aromatic carbocycles. The van der Waals surface area contributed by atoms with Crippen molar-refractivity contribution in [3.8, 4) is 11.5 Å². The molecule has 5 rings (SSSR count). The molecule has 5 heteroatoms. The second-order valence-corrected chi connectivity index (χ2v) is 14.3. The number of aryl methyl sites for hydroxylation is 1. The highest BCUT2D eigenvalue weighted by Crippen LogP contribution is 2.47. The van der Waals surface area contributed by atoms with Gasteiger partial charge in [0.15, 0.2) is 0 Å². The smallest absolute Gasteiger partial charge is 0.410 e. The first-order chi connectivity index (χ1) is 20.4. The van der Waals surface area contributed by atoms with E-state index in [1.807, 2.05) is 25.7 Å². The number of piperidine rings is 1. The second-order valence-electron chi connectivity index (χ2n) is 14.3. The van der Waals surface area contributed by atoms with E-state index in [1.165, 1.54) is 22.3 Å². The second kappa shape index (κ2) is 12.6. The summed E-state index contributed by atoms with van der Waals surface area (Å²) in [4.78, 5) is 14.3. The summed E-state index contributed by atoms with van der Waals surface area (Å²) < 4.78 is 18.2. The zero-order valence-electron chi connectivity index (χ0n) is 27.1. The number of hydrogen-bond acceptors (Lipinski definition) is 4. The predicted octanol–water partition coefficient (Wildman–Crippen LogP) is 9.14. The third-order valence-electron chi connectivity index (χ3n) is 8.64. The molecular formula is C38H49NO4. The van der Waals surface area contributed by atoms with Gasteiger partial charge in [-0.05, 0) is 133 Å². The molecular weight excluding hydrogens is 534 g/mol. The summed E-state index contributed by atoms with van der Waals surface area (Å²) in [5.74, 6) is 2.91. The van der Waals surface area contributed by atoms with Gasteiger partial charge in [0, 0.05) is 19.0 Å². The highest BCUT2D eigenvalue weighted by atomic mass is 16.6. The highest BCUT2D eigenvalue weighted by molar-refractivity contribution is 5.68. The molecule has 1 saturated heterocycles. The molecule has 2 aliphatic rings. The molecule has 1 unspecified atom stereocenters. The van der Waals surface area contributed by atoms with Gasteiger partial charge in [0.2, 0.25) is 0 Å². The predicted molar refractivity (Wildman–Crippen MR) is 173 cm³/mol. The van der Waals surface area contributed by atoms with Gasteiger partial charge >= 0.3 is 6.09 Å². The van der Waals surface area contributed by atoms with E-state index in [-0.39, 0.29) is 23.7 Å². The molecule has 43 heavy (non-hydrogen) atoms. The minimum absolute atomic E-state index is 0.0698. The minimum atomic E-state index is -0.471. The summed E-state index contributed by atoms with van der Waals surface area (Å²) in [7, 11) is 0. The monoisotopic (exact) mass is 583 g/mol. The van der Waals surface area contributed by atoms with Gasteiger partial charge in [-0.1, -0.05) is 48.5 Å².